The van der Waals surface area contributed by atoms with Gasteiger partial charge in [-0.3, -0.25) is 0 Å². The van der Waals surface area contributed by atoms with E-state index in [1.54, 1.807) is 6.07 Å². The van der Waals surface area contributed by atoms with Gasteiger partial charge >= 0.3 is 0 Å². The zero-order valence-corrected chi connectivity index (χ0v) is 13.0. The maximum Gasteiger partial charge on any atom is 0.151 e. The van der Waals surface area contributed by atoms with Crippen LogP contribution in [0.3, 0.4) is 0 Å². The lowest BCUT2D eigenvalue weighted by molar-refractivity contribution is 0.339. The predicted octanol–water partition coefficient (Wildman–Crippen LogP) is 2.58. The van der Waals surface area contributed by atoms with Crippen LogP contribution in [0.2, 0.25) is 0 Å². The molecule has 0 radical (unpaired) electrons. The van der Waals surface area contributed by atoms with Crippen molar-refractivity contribution in [3.05, 3.63) is 18.2 Å². The molecule has 0 fully saturated rings. The summed E-state index contributed by atoms with van der Waals surface area (Å²) in [6.07, 6.45) is 0.662. The maximum absolute atomic E-state index is 11.6. The van der Waals surface area contributed by atoms with Crippen LogP contribution < -0.4 is 10.5 Å². The van der Waals surface area contributed by atoms with E-state index < -0.39 is 9.84 Å². The Morgan fingerprint density at radius 2 is 2.00 bits per heavy atom. The topological polar surface area (TPSA) is 69.4 Å². The molecule has 0 saturated carbocycles. The van der Waals surface area contributed by atoms with Crippen molar-refractivity contribution in [2.24, 2.45) is 0 Å². The molecule has 2 N–H and O–H groups in total. The standard InChI is InChI=1S/C13H21NO3S2/c1-3-8-19(15,16)9-7-18-13-10-11(17-4-2)5-6-12(13)14/h5-6,10H,3-4,7-9,14H2,1-2H3. The number of hydrogen-bond donors (Lipinski definition) is 1. The quantitative estimate of drug-likeness (QED) is 0.590. The summed E-state index contributed by atoms with van der Waals surface area (Å²) in [6, 6.07) is 5.46. The second-order valence-corrected chi connectivity index (χ2v) is 7.57. The van der Waals surface area contributed by atoms with E-state index >= 15 is 0 Å². The first-order valence-corrected chi connectivity index (χ1v) is 9.14. The second kappa shape index (κ2) is 7.65. The van der Waals surface area contributed by atoms with Crippen molar-refractivity contribution < 1.29 is 13.2 Å². The number of ether oxygens (including phenoxy) is 1. The highest BCUT2D eigenvalue weighted by molar-refractivity contribution is 8.00. The summed E-state index contributed by atoms with van der Waals surface area (Å²) >= 11 is 1.46. The molecule has 0 aromatic heterocycles. The van der Waals surface area contributed by atoms with Gasteiger partial charge < -0.3 is 10.5 Å². The Morgan fingerprint density at radius 1 is 1.26 bits per heavy atom. The van der Waals surface area contributed by atoms with E-state index in [4.69, 9.17) is 10.5 Å². The van der Waals surface area contributed by atoms with Crippen LogP contribution in [0, 0.1) is 0 Å². The van der Waals surface area contributed by atoms with Crippen molar-refractivity contribution in [3.8, 4) is 5.75 Å². The maximum atomic E-state index is 11.6. The molecule has 0 aliphatic rings. The molecule has 1 rings (SSSR count). The summed E-state index contributed by atoms with van der Waals surface area (Å²) < 4.78 is 28.6. The molecule has 0 aliphatic heterocycles. The number of hydrogen-bond acceptors (Lipinski definition) is 5. The van der Waals surface area contributed by atoms with Gasteiger partial charge in [0.1, 0.15) is 5.75 Å². The van der Waals surface area contributed by atoms with Crippen LogP contribution in [-0.4, -0.2) is 32.3 Å². The Morgan fingerprint density at radius 3 is 2.63 bits per heavy atom. The molecule has 108 valence electrons. The van der Waals surface area contributed by atoms with Crippen molar-refractivity contribution in [2.75, 3.05) is 29.6 Å². The average Bonchev–Trinajstić information content (AvgIpc) is 2.33. The van der Waals surface area contributed by atoms with Crippen molar-refractivity contribution in [1.82, 2.24) is 0 Å². The third-order valence-corrected chi connectivity index (χ3v) is 5.65. The van der Waals surface area contributed by atoms with E-state index in [-0.39, 0.29) is 11.5 Å². The summed E-state index contributed by atoms with van der Waals surface area (Å²) in [7, 11) is -2.93. The van der Waals surface area contributed by atoms with Crippen LogP contribution in [0.1, 0.15) is 20.3 Å². The van der Waals surface area contributed by atoms with Crippen LogP contribution >= 0.6 is 11.8 Å². The lowest BCUT2D eigenvalue weighted by Gasteiger charge is -2.09. The van der Waals surface area contributed by atoms with Crippen LogP contribution in [0.15, 0.2) is 23.1 Å². The molecule has 0 aliphatic carbocycles. The van der Waals surface area contributed by atoms with E-state index in [1.165, 1.54) is 11.8 Å². The van der Waals surface area contributed by atoms with Crippen LogP contribution in [-0.2, 0) is 9.84 Å². The molecule has 0 heterocycles. The van der Waals surface area contributed by atoms with Gasteiger partial charge in [0.05, 0.1) is 12.4 Å². The lowest BCUT2D eigenvalue weighted by atomic mass is 10.3. The number of anilines is 1. The number of nitrogen functional groups attached to an aromatic ring is 1. The third-order valence-electron chi connectivity index (χ3n) is 2.46. The number of thioether (sulfide) groups is 1. The van der Waals surface area contributed by atoms with E-state index in [2.05, 4.69) is 0 Å². The molecule has 1 aromatic carbocycles. The van der Waals surface area contributed by atoms with Gasteiger partial charge in [-0.25, -0.2) is 8.42 Å². The summed E-state index contributed by atoms with van der Waals surface area (Å²) in [4.78, 5) is 0.873. The van der Waals surface area contributed by atoms with E-state index in [1.807, 2.05) is 26.0 Å². The van der Waals surface area contributed by atoms with E-state index in [9.17, 15) is 8.42 Å². The summed E-state index contributed by atoms with van der Waals surface area (Å²) in [6.45, 7) is 4.38. The van der Waals surface area contributed by atoms with E-state index in [0.717, 1.165) is 10.6 Å². The Balaban J connectivity index is 2.60. The molecule has 0 bridgehead atoms. The van der Waals surface area contributed by atoms with Gasteiger partial charge in [-0.2, -0.15) is 0 Å². The normalized spacial score (nSPS) is 11.5. The Hall–Kier alpha value is -0.880. The fourth-order valence-electron chi connectivity index (χ4n) is 1.59. The zero-order chi connectivity index (χ0) is 14.3. The average molecular weight is 303 g/mol. The van der Waals surface area contributed by atoms with Crippen molar-refractivity contribution in [3.63, 3.8) is 0 Å². The predicted molar refractivity (Wildman–Crippen MR) is 81.7 cm³/mol. The minimum atomic E-state index is -2.93. The molecule has 0 atom stereocenters. The Bertz CT molecular complexity index is 501. The fraction of sp³-hybridized carbons (Fsp3) is 0.538. The molecule has 0 unspecified atom stereocenters. The fourth-order valence-corrected chi connectivity index (χ4v) is 4.42. The molecule has 19 heavy (non-hydrogen) atoms. The van der Waals surface area contributed by atoms with Gasteiger partial charge in [-0.1, -0.05) is 6.92 Å². The minimum Gasteiger partial charge on any atom is -0.494 e. The van der Waals surface area contributed by atoms with Crippen molar-refractivity contribution in [2.45, 2.75) is 25.2 Å². The van der Waals surface area contributed by atoms with Gasteiger partial charge in [0.25, 0.3) is 0 Å². The third kappa shape index (κ3) is 5.74. The summed E-state index contributed by atoms with van der Waals surface area (Å²) in [5, 5.41) is 0. The monoisotopic (exact) mass is 303 g/mol. The first-order valence-electron chi connectivity index (χ1n) is 6.34. The largest absolute Gasteiger partial charge is 0.494 e. The SMILES string of the molecule is CCCS(=O)(=O)CCSc1cc(OCC)ccc1N. The van der Waals surface area contributed by atoms with Crippen molar-refractivity contribution >= 4 is 27.3 Å². The summed E-state index contributed by atoms with van der Waals surface area (Å²) in [5.74, 6) is 1.71. The van der Waals surface area contributed by atoms with Gasteiger partial charge in [0.2, 0.25) is 0 Å². The van der Waals surface area contributed by atoms with Gasteiger partial charge in [0.15, 0.2) is 9.84 Å². The Labute approximate surface area is 119 Å². The second-order valence-electron chi connectivity index (χ2n) is 4.13. The number of sulfone groups is 1. The molecule has 0 saturated heterocycles. The summed E-state index contributed by atoms with van der Waals surface area (Å²) in [5.41, 5.74) is 6.52. The molecule has 0 spiro atoms. The van der Waals surface area contributed by atoms with Crippen LogP contribution in [0.5, 0.6) is 5.75 Å². The highest BCUT2D eigenvalue weighted by Gasteiger charge is 2.10. The first-order chi connectivity index (χ1) is 8.98. The van der Waals surface area contributed by atoms with Crippen LogP contribution in [0.4, 0.5) is 5.69 Å². The van der Waals surface area contributed by atoms with Crippen molar-refractivity contribution in [1.29, 1.82) is 0 Å². The molecule has 0 amide bonds. The smallest absolute Gasteiger partial charge is 0.151 e. The number of benzene rings is 1. The number of nitrogens with two attached hydrogens (primary N) is 1. The lowest BCUT2D eigenvalue weighted by Crippen LogP contribution is -2.12. The Kier molecular flexibility index (Phi) is 6.51. The molecular weight excluding hydrogens is 282 g/mol. The van der Waals surface area contributed by atoms with Gasteiger partial charge in [-0.15, -0.1) is 11.8 Å². The molecule has 1 aromatic rings. The highest BCUT2D eigenvalue weighted by Crippen LogP contribution is 2.29. The zero-order valence-electron chi connectivity index (χ0n) is 11.4. The molecular formula is C13H21NO3S2. The van der Waals surface area contributed by atoms with Gasteiger partial charge in [-0.05, 0) is 31.5 Å². The highest BCUT2D eigenvalue weighted by atomic mass is 32.2. The minimum absolute atomic E-state index is 0.184. The first kappa shape index (κ1) is 16.2. The van der Waals surface area contributed by atoms with E-state index in [0.29, 0.717) is 24.5 Å². The van der Waals surface area contributed by atoms with Crippen LogP contribution in [0.25, 0.3) is 0 Å². The molecule has 4 nitrogen and oxygen atoms in total. The number of rotatable bonds is 8. The van der Waals surface area contributed by atoms with Gasteiger partial charge in [0, 0.05) is 22.1 Å². The molecule has 6 heteroatoms.